The zero-order valence-corrected chi connectivity index (χ0v) is 15.2. The molecule has 2 rings (SSSR count). The molecule has 0 fully saturated rings. The fourth-order valence-corrected chi connectivity index (χ4v) is 2.76. The Bertz CT molecular complexity index is 692. The molecule has 0 aliphatic carbocycles. The van der Waals surface area contributed by atoms with E-state index in [0.717, 1.165) is 16.8 Å². The maximum atomic E-state index is 11.1. The van der Waals surface area contributed by atoms with Gasteiger partial charge in [0.25, 0.3) is 0 Å². The first-order valence-electron chi connectivity index (χ1n) is 8.64. The van der Waals surface area contributed by atoms with Gasteiger partial charge >= 0.3 is 6.09 Å². The van der Waals surface area contributed by atoms with Crippen molar-refractivity contribution in [2.24, 2.45) is 0 Å². The molecule has 0 aliphatic heterocycles. The molecule has 0 aliphatic rings. The maximum Gasteiger partial charge on any atom is 0.404 e. The lowest BCUT2D eigenvalue weighted by molar-refractivity contribution is 0.117. The van der Waals surface area contributed by atoms with Crippen LogP contribution in [-0.2, 0) is 13.0 Å². The normalized spacial score (nSPS) is 13.0. The predicted molar refractivity (Wildman–Crippen MR) is 104 cm³/mol. The highest BCUT2D eigenvalue weighted by Gasteiger charge is 2.21. The average molecular weight is 357 g/mol. The second kappa shape index (κ2) is 9.79. The molecule has 2 atom stereocenters. The van der Waals surface area contributed by atoms with Crippen LogP contribution in [0.4, 0.5) is 10.5 Å². The number of amides is 1. The molecule has 0 unspecified atom stereocenters. The number of hydrogen-bond acceptors (Lipinski definition) is 4. The number of aliphatic hydroxyl groups is 1. The Morgan fingerprint density at radius 2 is 1.77 bits per heavy atom. The first-order valence-corrected chi connectivity index (χ1v) is 8.64. The number of anilines is 1. The average Bonchev–Trinajstić information content (AvgIpc) is 2.62. The van der Waals surface area contributed by atoms with Crippen LogP contribution in [0.1, 0.15) is 11.1 Å². The van der Waals surface area contributed by atoms with E-state index < -0.39 is 18.2 Å². The maximum absolute atomic E-state index is 11.1. The number of carbonyl (C=O) groups is 1. The Hall–Kier alpha value is -2.57. The Labute approximate surface area is 154 Å². The summed E-state index contributed by atoms with van der Waals surface area (Å²) in [6, 6.07) is 17.1. The van der Waals surface area contributed by atoms with Gasteiger partial charge in [-0.1, -0.05) is 42.5 Å². The van der Waals surface area contributed by atoms with E-state index in [1.165, 1.54) is 0 Å². The van der Waals surface area contributed by atoms with Gasteiger partial charge in [-0.05, 0) is 29.7 Å². The first-order chi connectivity index (χ1) is 12.5. The number of aliphatic hydroxyl groups excluding tert-OH is 1. The third kappa shape index (κ3) is 6.38. The van der Waals surface area contributed by atoms with E-state index >= 15 is 0 Å². The molecule has 1 amide bonds. The molecule has 2 aromatic carbocycles. The third-order valence-corrected chi connectivity index (χ3v) is 4.18. The molecule has 6 heteroatoms. The van der Waals surface area contributed by atoms with Crippen molar-refractivity contribution in [1.29, 1.82) is 0 Å². The molecular weight excluding hydrogens is 330 g/mol. The zero-order valence-electron chi connectivity index (χ0n) is 15.2. The molecule has 26 heavy (non-hydrogen) atoms. The van der Waals surface area contributed by atoms with Gasteiger partial charge in [0.1, 0.15) is 0 Å². The molecule has 140 valence electrons. The van der Waals surface area contributed by atoms with Crippen LogP contribution < -0.4 is 15.5 Å². The molecule has 2 aromatic rings. The highest BCUT2D eigenvalue weighted by atomic mass is 16.4. The van der Waals surface area contributed by atoms with E-state index in [-0.39, 0.29) is 0 Å². The summed E-state index contributed by atoms with van der Waals surface area (Å²) in [5.41, 5.74) is 3.19. The summed E-state index contributed by atoms with van der Waals surface area (Å²) in [5, 5.41) is 25.1. The lowest BCUT2D eigenvalue weighted by Crippen LogP contribution is -2.48. The van der Waals surface area contributed by atoms with Gasteiger partial charge < -0.3 is 25.7 Å². The fraction of sp³-hybridized carbons (Fsp3) is 0.350. The van der Waals surface area contributed by atoms with Crippen molar-refractivity contribution in [3.63, 3.8) is 0 Å². The molecule has 0 saturated carbocycles. The summed E-state index contributed by atoms with van der Waals surface area (Å²) in [4.78, 5) is 13.1. The van der Waals surface area contributed by atoms with Gasteiger partial charge in [0.15, 0.2) is 0 Å². The molecule has 0 saturated heterocycles. The molecule has 4 N–H and O–H groups in total. The van der Waals surface area contributed by atoms with Gasteiger partial charge in [0.2, 0.25) is 0 Å². The SMILES string of the molecule is CN(C)c1cccc(CNC[C@@H](O)[C@H](Cc2ccccc2)NC(=O)O)c1. The summed E-state index contributed by atoms with van der Waals surface area (Å²) in [6.07, 6.45) is -1.53. The predicted octanol–water partition coefficient (Wildman–Crippen LogP) is 2.08. The molecule has 0 spiro atoms. The Morgan fingerprint density at radius 1 is 1.08 bits per heavy atom. The number of nitrogens with zero attached hydrogens (tertiary/aromatic N) is 1. The lowest BCUT2D eigenvalue weighted by Gasteiger charge is -2.23. The smallest absolute Gasteiger partial charge is 0.404 e. The lowest BCUT2D eigenvalue weighted by atomic mass is 10.0. The van der Waals surface area contributed by atoms with Crippen LogP contribution in [0.3, 0.4) is 0 Å². The highest BCUT2D eigenvalue weighted by molar-refractivity contribution is 5.65. The number of benzene rings is 2. The van der Waals surface area contributed by atoms with Gasteiger partial charge in [-0.25, -0.2) is 4.79 Å². The van der Waals surface area contributed by atoms with Gasteiger partial charge in [-0.3, -0.25) is 0 Å². The molecular formula is C20H27N3O3. The number of rotatable bonds is 9. The molecule has 6 nitrogen and oxygen atoms in total. The largest absolute Gasteiger partial charge is 0.465 e. The summed E-state index contributed by atoms with van der Waals surface area (Å²) in [5.74, 6) is 0. The minimum Gasteiger partial charge on any atom is -0.465 e. The van der Waals surface area contributed by atoms with E-state index in [9.17, 15) is 9.90 Å². The fourth-order valence-electron chi connectivity index (χ4n) is 2.76. The summed E-state index contributed by atoms with van der Waals surface area (Å²) >= 11 is 0. The van der Waals surface area contributed by atoms with Gasteiger partial charge in [-0.15, -0.1) is 0 Å². The van der Waals surface area contributed by atoms with Crippen LogP contribution in [0.25, 0.3) is 0 Å². The van der Waals surface area contributed by atoms with E-state index in [2.05, 4.69) is 16.7 Å². The van der Waals surface area contributed by atoms with Crippen molar-refractivity contribution in [1.82, 2.24) is 10.6 Å². The molecule has 0 aromatic heterocycles. The van der Waals surface area contributed by atoms with Crippen LogP contribution in [-0.4, -0.2) is 49.1 Å². The van der Waals surface area contributed by atoms with E-state index in [0.29, 0.717) is 19.5 Å². The van der Waals surface area contributed by atoms with Crippen molar-refractivity contribution in [2.75, 3.05) is 25.5 Å². The molecule has 0 heterocycles. The number of hydrogen-bond donors (Lipinski definition) is 4. The quantitative estimate of drug-likeness (QED) is 0.552. The van der Waals surface area contributed by atoms with Crippen molar-refractivity contribution in [3.8, 4) is 0 Å². The minimum atomic E-state index is -1.14. The number of nitrogens with one attached hydrogen (secondary N) is 2. The molecule has 0 bridgehead atoms. The van der Waals surface area contributed by atoms with E-state index in [4.69, 9.17) is 5.11 Å². The van der Waals surface area contributed by atoms with Crippen LogP contribution in [0.2, 0.25) is 0 Å². The summed E-state index contributed by atoms with van der Waals surface area (Å²) in [7, 11) is 3.98. The van der Waals surface area contributed by atoms with Crippen LogP contribution in [0.5, 0.6) is 0 Å². The van der Waals surface area contributed by atoms with Crippen LogP contribution in [0, 0.1) is 0 Å². The van der Waals surface area contributed by atoms with Crippen molar-refractivity contribution >= 4 is 11.8 Å². The van der Waals surface area contributed by atoms with Gasteiger partial charge in [0.05, 0.1) is 12.1 Å². The van der Waals surface area contributed by atoms with E-state index in [1.807, 2.05) is 67.5 Å². The second-order valence-electron chi connectivity index (χ2n) is 6.51. The number of carboxylic acid groups (broad SMARTS) is 1. The van der Waals surface area contributed by atoms with Gasteiger partial charge in [-0.2, -0.15) is 0 Å². The minimum absolute atomic E-state index is 0.296. The highest BCUT2D eigenvalue weighted by Crippen LogP contribution is 2.13. The Morgan fingerprint density at radius 3 is 2.42 bits per heavy atom. The van der Waals surface area contributed by atoms with E-state index in [1.54, 1.807) is 0 Å². The second-order valence-corrected chi connectivity index (χ2v) is 6.51. The van der Waals surface area contributed by atoms with Crippen LogP contribution in [0.15, 0.2) is 54.6 Å². The Kier molecular flexibility index (Phi) is 7.44. The summed E-state index contributed by atoms with van der Waals surface area (Å²) in [6.45, 7) is 0.897. The Balaban J connectivity index is 1.91. The standard InChI is InChI=1S/C20H27N3O3/c1-23(2)17-10-6-9-16(11-17)13-21-14-19(24)18(22-20(25)26)12-15-7-4-3-5-8-15/h3-11,18-19,21-22,24H,12-14H2,1-2H3,(H,25,26)/t18-,19+/m0/s1. The monoisotopic (exact) mass is 357 g/mol. The van der Waals surface area contributed by atoms with Gasteiger partial charge in [0, 0.05) is 32.9 Å². The summed E-state index contributed by atoms with van der Waals surface area (Å²) < 4.78 is 0. The third-order valence-electron chi connectivity index (χ3n) is 4.18. The van der Waals surface area contributed by atoms with Crippen molar-refractivity contribution < 1.29 is 15.0 Å². The topological polar surface area (TPSA) is 84.8 Å². The molecule has 0 radical (unpaired) electrons. The van der Waals surface area contributed by atoms with Crippen molar-refractivity contribution in [2.45, 2.75) is 25.1 Å². The van der Waals surface area contributed by atoms with Crippen molar-refractivity contribution in [3.05, 3.63) is 65.7 Å². The van der Waals surface area contributed by atoms with Crippen LogP contribution >= 0.6 is 0 Å². The first kappa shape index (κ1) is 19.8. The zero-order chi connectivity index (χ0) is 18.9.